The molecule has 37 heavy (non-hydrogen) atoms. The molecule has 1 saturated heterocycles. The van der Waals surface area contributed by atoms with Crippen molar-refractivity contribution in [1.82, 2.24) is 4.90 Å². The second-order valence-corrected chi connectivity index (χ2v) is 9.90. The van der Waals surface area contributed by atoms with Crippen LogP contribution < -0.4 is 19.9 Å². The molecule has 2 amide bonds. The van der Waals surface area contributed by atoms with E-state index in [0.29, 0.717) is 12.3 Å². The first-order valence-corrected chi connectivity index (χ1v) is 13.0. The predicted octanol–water partition coefficient (Wildman–Crippen LogP) is 6.01. The van der Waals surface area contributed by atoms with Gasteiger partial charge in [0, 0.05) is 56.2 Å². The number of para-hydroxylation sites is 1. The summed E-state index contributed by atoms with van der Waals surface area (Å²) in [5.74, 6) is 0.290. The highest BCUT2D eigenvalue weighted by Crippen LogP contribution is 2.34. The predicted molar refractivity (Wildman–Crippen MR) is 147 cm³/mol. The first kappa shape index (κ1) is 25.1. The Balaban J connectivity index is 1.26. The molecule has 0 radical (unpaired) electrons. The lowest BCUT2D eigenvalue weighted by Crippen LogP contribution is -2.47. The molecule has 0 aromatic heterocycles. The number of piperazine rings is 1. The molecule has 5 rings (SSSR count). The van der Waals surface area contributed by atoms with Crippen LogP contribution in [0.1, 0.15) is 36.1 Å². The number of hydrogen-bond acceptors (Lipinski definition) is 4. The smallest absolute Gasteiger partial charge is 0.326 e. The van der Waals surface area contributed by atoms with E-state index in [-0.39, 0.29) is 17.9 Å². The second-order valence-electron chi connectivity index (χ2n) is 9.90. The fourth-order valence-electron chi connectivity index (χ4n) is 5.46. The number of amides is 2. The molecule has 1 N–H and O–H groups in total. The molecule has 194 valence electrons. The molecule has 2 aliphatic heterocycles. The molecule has 0 saturated carbocycles. The summed E-state index contributed by atoms with van der Waals surface area (Å²) >= 11 is 0. The molecule has 1 fully saturated rings. The number of nitrogens with one attached hydrogen (secondary N) is 1. The van der Waals surface area contributed by atoms with Crippen LogP contribution in [0.4, 0.5) is 26.2 Å². The van der Waals surface area contributed by atoms with Gasteiger partial charge in [0.05, 0.1) is 12.8 Å². The molecule has 0 bridgehead atoms. The summed E-state index contributed by atoms with van der Waals surface area (Å²) in [6.07, 6.45) is 1.92. The van der Waals surface area contributed by atoms with Crippen LogP contribution >= 0.6 is 0 Å². The van der Waals surface area contributed by atoms with Gasteiger partial charge in [-0.25, -0.2) is 9.18 Å². The fourth-order valence-corrected chi connectivity index (χ4v) is 5.46. The zero-order valence-corrected chi connectivity index (χ0v) is 21.8. The summed E-state index contributed by atoms with van der Waals surface area (Å²) in [5.41, 5.74) is 6.34. The number of halogens is 1. The molecule has 0 aliphatic carbocycles. The Morgan fingerprint density at radius 1 is 0.973 bits per heavy atom. The summed E-state index contributed by atoms with van der Waals surface area (Å²) in [5, 5.41) is 3.08. The maximum Gasteiger partial charge on any atom is 0.326 e. The van der Waals surface area contributed by atoms with Gasteiger partial charge in [-0.2, -0.15) is 0 Å². The van der Waals surface area contributed by atoms with Crippen molar-refractivity contribution in [1.29, 1.82) is 0 Å². The minimum absolute atomic E-state index is 0.0802. The molecule has 7 heteroatoms. The van der Waals surface area contributed by atoms with Crippen molar-refractivity contribution in [3.63, 3.8) is 0 Å². The highest BCUT2D eigenvalue weighted by Gasteiger charge is 2.27. The molecule has 3 aromatic rings. The van der Waals surface area contributed by atoms with E-state index in [2.05, 4.69) is 40.2 Å². The van der Waals surface area contributed by atoms with Gasteiger partial charge < -0.3 is 15.0 Å². The van der Waals surface area contributed by atoms with E-state index in [9.17, 15) is 9.18 Å². The van der Waals surface area contributed by atoms with Crippen molar-refractivity contribution in [2.24, 2.45) is 0 Å². The highest BCUT2D eigenvalue weighted by atomic mass is 19.1. The topological polar surface area (TPSA) is 48.1 Å². The number of hydrogen-bond donors (Lipinski definition) is 1. The molecular weight excluding hydrogens is 467 g/mol. The van der Waals surface area contributed by atoms with E-state index in [1.54, 1.807) is 13.2 Å². The van der Waals surface area contributed by atoms with Crippen LogP contribution in [0.3, 0.4) is 0 Å². The number of ether oxygens (including phenoxy) is 1. The van der Waals surface area contributed by atoms with Crippen molar-refractivity contribution in [2.75, 3.05) is 55.0 Å². The summed E-state index contributed by atoms with van der Waals surface area (Å²) in [6, 6.07) is 19.3. The average molecular weight is 503 g/mol. The van der Waals surface area contributed by atoms with Gasteiger partial charge in [-0.15, -0.1) is 0 Å². The van der Waals surface area contributed by atoms with Gasteiger partial charge in [0.1, 0.15) is 11.6 Å². The molecule has 0 spiro atoms. The van der Waals surface area contributed by atoms with E-state index in [1.807, 2.05) is 36.1 Å². The summed E-state index contributed by atoms with van der Waals surface area (Å²) in [4.78, 5) is 19.8. The summed E-state index contributed by atoms with van der Waals surface area (Å²) < 4.78 is 19.0. The largest absolute Gasteiger partial charge is 0.494 e. The van der Waals surface area contributed by atoms with E-state index in [4.69, 9.17) is 4.74 Å². The number of urea groups is 1. The van der Waals surface area contributed by atoms with Gasteiger partial charge in [0.2, 0.25) is 0 Å². The number of aryl methyl sites for hydroxylation is 2. The van der Waals surface area contributed by atoms with Crippen molar-refractivity contribution in [2.45, 2.75) is 32.7 Å². The summed E-state index contributed by atoms with van der Waals surface area (Å²) in [6.45, 7) is 8.49. The highest BCUT2D eigenvalue weighted by molar-refractivity contribution is 6.02. The number of carbonyl (C=O) groups is 1. The van der Waals surface area contributed by atoms with Crippen molar-refractivity contribution >= 4 is 23.1 Å². The average Bonchev–Trinajstić information content (AvgIpc) is 2.93. The van der Waals surface area contributed by atoms with Crippen LogP contribution in [0, 0.1) is 12.7 Å². The fraction of sp³-hybridized carbons (Fsp3) is 0.367. The third-order valence-electron chi connectivity index (χ3n) is 7.68. The minimum Gasteiger partial charge on any atom is -0.494 e. The molecule has 1 atom stereocenters. The number of carbonyl (C=O) groups excluding carboxylic acids is 1. The number of rotatable bonds is 5. The Hall–Kier alpha value is -3.58. The van der Waals surface area contributed by atoms with E-state index >= 15 is 0 Å². The third kappa shape index (κ3) is 5.27. The normalized spacial score (nSPS) is 16.8. The lowest BCUT2D eigenvalue weighted by molar-refractivity contribution is 0.198. The maximum atomic E-state index is 13.6. The van der Waals surface area contributed by atoms with E-state index < -0.39 is 0 Å². The SMILES string of the molecule is COc1cc(F)ccc1N1CCN(C(C)c2ccc3c(c2)CCCN3C(=O)Nc2ccccc2C)CC1. The molecule has 2 aliphatic rings. The summed E-state index contributed by atoms with van der Waals surface area (Å²) in [7, 11) is 1.58. The minimum atomic E-state index is -0.286. The molecule has 3 aromatic carbocycles. The van der Waals surface area contributed by atoms with Crippen molar-refractivity contribution in [3.8, 4) is 5.75 Å². The van der Waals surface area contributed by atoms with Gasteiger partial charge in [-0.05, 0) is 67.6 Å². The molecule has 1 unspecified atom stereocenters. The quantitative estimate of drug-likeness (QED) is 0.464. The number of anilines is 3. The van der Waals surface area contributed by atoms with Gasteiger partial charge in [-0.1, -0.05) is 30.3 Å². The van der Waals surface area contributed by atoms with Crippen LogP contribution in [-0.2, 0) is 6.42 Å². The maximum absolute atomic E-state index is 13.6. The first-order valence-electron chi connectivity index (χ1n) is 13.0. The monoisotopic (exact) mass is 502 g/mol. The van der Waals surface area contributed by atoms with Gasteiger partial charge in [0.15, 0.2) is 0 Å². The third-order valence-corrected chi connectivity index (χ3v) is 7.68. The molecule has 2 heterocycles. The number of nitrogens with zero attached hydrogens (tertiary/aromatic N) is 3. The van der Waals surface area contributed by atoms with Crippen LogP contribution in [0.5, 0.6) is 5.75 Å². The van der Waals surface area contributed by atoms with Crippen LogP contribution in [0.15, 0.2) is 60.7 Å². The zero-order valence-electron chi connectivity index (χ0n) is 21.8. The number of methoxy groups -OCH3 is 1. The van der Waals surface area contributed by atoms with Crippen LogP contribution in [0.2, 0.25) is 0 Å². The zero-order chi connectivity index (χ0) is 25.9. The number of fused-ring (bicyclic) bond motifs is 1. The Bertz CT molecular complexity index is 1270. The number of benzene rings is 3. The second kappa shape index (κ2) is 10.8. The Morgan fingerprint density at radius 3 is 2.49 bits per heavy atom. The molecule has 6 nitrogen and oxygen atoms in total. The molecular formula is C30H35FN4O2. The van der Waals surface area contributed by atoms with Gasteiger partial charge in [-0.3, -0.25) is 9.80 Å². The first-order chi connectivity index (χ1) is 17.9. The van der Waals surface area contributed by atoms with E-state index in [0.717, 1.165) is 61.6 Å². The Kier molecular flexibility index (Phi) is 7.33. The van der Waals surface area contributed by atoms with Crippen molar-refractivity contribution in [3.05, 3.63) is 83.2 Å². The Labute approximate surface area is 218 Å². The van der Waals surface area contributed by atoms with Crippen LogP contribution in [-0.4, -0.2) is 50.8 Å². The lowest BCUT2D eigenvalue weighted by Gasteiger charge is -2.40. The van der Waals surface area contributed by atoms with Crippen LogP contribution in [0.25, 0.3) is 0 Å². The van der Waals surface area contributed by atoms with E-state index in [1.165, 1.54) is 23.3 Å². The standard InChI is InChI=1S/C30H35FN4O2/c1-21-7-4-5-9-26(21)32-30(36)35-14-6-8-24-19-23(10-12-27(24)35)22(2)33-15-17-34(18-16-33)28-13-11-25(31)20-29(28)37-3/h4-5,7,9-13,19-20,22H,6,8,14-18H2,1-3H3,(H,32,36). The lowest BCUT2D eigenvalue weighted by atomic mass is 9.96. The van der Waals surface area contributed by atoms with Crippen molar-refractivity contribution < 1.29 is 13.9 Å². The van der Waals surface area contributed by atoms with Gasteiger partial charge >= 0.3 is 6.03 Å². The van der Waals surface area contributed by atoms with Gasteiger partial charge in [0.25, 0.3) is 0 Å². The Morgan fingerprint density at radius 2 is 1.73 bits per heavy atom.